The number of pyridine rings is 1. The van der Waals surface area contributed by atoms with Gasteiger partial charge in [0.15, 0.2) is 5.82 Å². The van der Waals surface area contributed by atoms with Crippen molar-refractivity contribution in [1.82, 2.24) is 15.0 Å². The van der Waals surface area contributed by atoms with Crippen molar-refractivity contribution in [1.29, 1.82) is 0 Å². The van der Waals surface area contributed by atoms with E-state index in [4.69, 9.17) is 23.2 Å². The summed E-state index contributed by atoms with van der Waals surface area (Å²) in [5, 5.41) is 0.597. The van der Waals surface area contributed by atoms with E-state index < -0.39 is 0 Å². The molecule has 0 amide bonds. The van der Waals surface area contributed by atoms with Crippen LogP contribution in [-0.4, -0.2) is 15.0 Å². The fourth-order valence-corrected chi connectivity index (χ4v) is 1.97. The average molecular weight is 282 g/mol. The van der Waals surface area contributed by atoms with Crippen LogP contribution in [-0.2, 0) is 5.88 Å². The first-order valence-corrected chi connectivity index (χ1v) is 6.56. The quantitative estimate of drug-likeness (QED) is 0.797. The van der Waals surface area contributed by atoms with Gasteiger partial charge in [-0.3, -0.25) is 4.98 Å². The minimum Gasteiger partial charge on any atom is -0.251 e. The molecule has 2 heterocycles. The summed E-state index contributed by atoms with van der Waals surface area (Å²) in [6, 6.07) is 3.58. The smallest absolute Gasteiger partial charge is 0.178 e. The topological polar surface area (TPSA) is 38.7 Å². The summed E-state index contributed by atoms with van der Waals surface area (Å²) in [4.78, 5) is 13.0. The van der Waals surface area contributed by atoms with Crippen LogP contribution in [0.1, 0.15) is 31.0 Å². The number of halogens is 2. The molecule has 0 fully saturated rings. The van der Waals surface area contributed by atoms with E-state index in [1.54, 1.807) is 18.5 Å². The molecule has 0 unspecified atom stereocenters. The van der Waals surface area contributed by atoms with Crippen LogP contribution in [0.3, 0.4) is 0 Å². The third kappa shape index (κ3) is 2.79. The highest BCUT2D eigenvalue weighted by Crippen LogP contribution is 2.22. The highest BCUT2D eigenvalue weighted by atomic mass is 35.5. The van der Waals surface area contributed by atoms with E-state index in [9.17, 15) is 0 Å². The summed E-state index contributed by atoms with van der Waals surface area (Å²) in [6.45, 7) is 4.16. The average Bonchev–Trinajstić information content (AvgIpc) is 2.39. The Morgan fingerprint density at radius 1 is 1.17 bits per heavy atom. The summed E-state index contributed by atoms with van der Waals surface area (Å²) in [5.41, 5.74) is 2.64. The van der Waals surface area contributed by atoms with Crippen molar-refractivity contribution in [2.45, 2.75) is 25.6 Å². The largest absolute Gasteiger partial charge is 0.251 e. The molecule has 0 saturated carbocycles. The van der Waals surface area contributed by atoms with Crippen LogP contribution in [0, 0.1) is 0 Å². The summed E-state index contributed by atoms with van der Waals surface area (Å²) in [5.74, 6) is 1.32. The van der Waals surface area contributed by atoms with Gasteiger partial charge in [0.1, 0.15) is 5.69 Å². The maximum Gasteiger partial charge on any atom is 0.178 e. The predicted molar refractivity (Wildman–Crippen MR) is 73.9 cm³/mol. The molecule has 18 heavy (non-hydrogen) atoms. The van der Waals surface area contributed by atoms with Gasteiger partial charge in [0.2, 0.25) is 0 Å². The third-order valence-electron chi connectivity index (χ3n) is 2.55. The minimum atomic E-state index is 0.299. The van der Waals surface area contributed by atoms with Gasteiger partial charge < -0.3 is 0 Å². The zero-order valence-electron chi connectivity index (χ0n) is 10.2. The molecule has 0 aliphatic heterocycles. The third-order valence-corrected chi connectivity index (χ3v) is 3.06. The van der Waals surface area contributed by atoms with Gasteiger partial charge in [-0.2, -0.15) is 0 Å². The van der Waals surface area contributed by atoms with Gasteiger partial charge in [-0.1, -0.05) is 25.4 Å². The lowest BCUT2D eigenvalue weighted by Gasteiger charge is -2.10. The van der Waals surface area contributed by atoms with Crippen LogP contribution >= 0.6 is 23.2 Å². The van der Waals surface area contributed by atoms with Gasteiger partial charge in [0.05, 0.1) is 16.6 Å². The molecule has 0 N–H and O–H groups in total. The van der Waals surface area contributed by atoms with E-state index >= 15 is 0 Å². The Morgan fingerprint density at radius 2 is 1.94 bits per heavy atom. The fourth-order valence-electron chi connectivity index (χ4n) is 1.65. The van der Waals surface area contributed by atoms with Gasteiger partial charge in [0.25, 0.3) is 0 Å². The van der Waals surface area contributed by atoms with Crippen LogP contribution in [0.4, 0.5) is 0 Å². The van der Waals surface area contributed by atoms with E-state index in [-0.39, 0.29) is 0 Å². The number of alkyl halides is 1. The van der Waals surface area contributed by atoms with Crippen LogP contribution in [0.15, 0.2) is 24.5 Å². The number of hydrogen-bond acceptors (Lipinski definition) is 3. The summed E-state index contributed by atoms with van der Waals surface area (Å²) in [6.07, 6.45) is 3.35. The Kier molecular flexibility index (Phi) is 4.15. The van der Waals surface area contributed by atoms with E-state index in [0.717, 1.165) is 11.3 Å². The SMILES string of the molecule is CC(C)c1nc(-c2ccc(Cl)cn2)ncc1CCl. The number of rotatable bonds is 3. The molecule has 5 heteroatoms. The zero-order chi connectivity index (χ0) is 13.1. The van der Waals surface area contributed by atoms with Gasteiger partial charge in [0, 0.05) is 18.0 Å². The van der Waals surface area contributed by atoms with Gasteiger partial charge >= 0.3 is 0 Å². The van der Waals surface area contributed by atoms with Crippen molar-refractivity contribution in [3.8, 4) is 11.5 Å². The molecule has 0 aliphatic rings. The van der Waals surface area contributed by atoms with Crippen LogP contribution in [0.2, 0.25) is 5.02 Å². The lowest BCUT2D eigenvalue weighted by Crippen LogP contribution is -2.03. The molecule has 2 rings (SSSR count). The van der Waals surface area contributed by atoms with Crippen molar-refractivity contribution in [2.24, 2.45) is 0 Å². The second-order valence-corrected chi connectivity index (χ2v) is 4.96. The maximum absolute atomic E-state index is 5.88. The Bertz CT molecular complexity index is 538. The molecule has 0 spiro atoms. The summed E-state index contributed by atoms with van der Waals surface area (Å²) >= 11 is 11.7. The molecule has 0 saturated heterocycles. The fraction of sp³-hybridized carbons (Fsp3) is 0.308. The van der Waals surface area contributed by atoms with E-state index in [1.165, 1.54) is 0 Å². The molecular formula is C13H13Cl2N3. The molecule has 0 aliphatic carbocycles. The van der Waals surface area contributed by atoms with Crippen LogP contribution in [0.25, 0.3) is 11.5 Å². The lowest BCUT2D eigenvalue weighted by atomic mass is 10.1. The predicted octanol–water partition coefficient (Wildman–Crippen LogP) is 4.05. The number of nitrogens with zero attached hydrogens (tertiary/aromatic N) is 3. The summed E-state index contributed by atoms with van der Waals surface area (Å²) < 4.78 is 0. The standard InChI is InChI=1S/C13H13Cl2N3/c1-8(2)12-9(5-14)6-17-13(18-12)11-4-3-10(15)7-16-11/h3-4,6-8H,5H2,1-2H3. The Balaban J connectivity index is 2.46. The van der Waals surface area contributed by atoms with E-state index in [1.807, 2.05) is 6.07 Å². The van der Waals surface area contributed by atoms with Gasteiger partial charge in [-0.05, 0) is 18.1 Å². The molecular weight excluding hydrogens is 269 g/mol. The second kappa shape index (κ2) is 5.63. The molecule has 94 valence electrons. The van der Waals surface area contributed by atoms with E-state index in [0.29, 0.717) is 28.3 Å². The Hall–Kier alpha value is -1.19. The van der Waals surface area contributed by atoms with Crippen molar-refractivity contribution in [2.75, 3.05) is 0 Å². The lowest BCUT2D eigenvalue weighted by molar-refractivity contribution is 0.800. The Morgan fingerprint density at radius 3 is 2.50 bits per heavy atom. The molecule has 0 aromatic carbocycles. The summed E-state index contributed by atoms with van der Waals surface area (Å²) in [7, 11) is 0. The van der Waals surface area contributed by atoms with Gasteiger partial charge in [-0.15, -0.1) is 11.6 Å². The molecule has 0 atom stereocenters. The highest BCUT2D eigenvalue weighted by molar-refractivity contribution is 6.30. The second-order valence-electron chi connectivity index (χ2n) is 4.25. The molecule has 2 aromatic heterocycles. The van der Waals surface area contributed by atoms with Crippen molar-refractivity contribution >= 4 is 23.2 Å². The molecule has 0 radical (unpaired) electrons. The first-order valence-electron chi connectivity index (χ1n) is 5.65. The maximum atomic E-state index is 5.88. The monoisotopic (exact) mass is 281 g/mol. The molecule has 0 bridgehead atoms. The van der Waals surface area contributed by atoms with Crippen molar-refractivity contribution < 1.29 is 0 Å². The van der Waals surface area contributed by atoms with Gasteiger partial charge in [-0.25, -0.2) is 9.97 Å². The Labute approximate surface area is 116 Å². The van der Waals surface area contributed by atoms with Crippen LogP contribution < -0.4 is 0 Å². The number of aromatic nitrogens is 3. The van der Waals surface area contributed by atoms with Crippen LogP contribution in [0.5, 0.6) is 0 Å². The first kappa shape index (κ1) is 13.2. The minimum absolute atomic E-state index is 0.299. The normalized spacial score (nSPS) is 10.9. The number of hydrogen-bond donors (Lipinski definition) is 0. The van der Waals surface area contributed by atoms with E-state index in [2.05, 4.69) is 28.8 Å². The van der Waals surface area contributed by atoms with Crippen molar-refractivity contribution in [3.63, 3.8) is 0 Å². The first-order chi connectivity index (χ1) is 8.61. The molecule has 3 nitrogen and oxygen atoms in total. The zero-order valence-corrected chi connectivity index (χ0v) is 11.7. The highest BCUT2D eigenvalue weighted by Gasteiger charge is 2.11. The van der Waals surface area contributed by atoms with Crippen molar-refractivity contribution in [3.05, 3.63) is 40.8 Å². The molecule has 2 aromatic rings.